The Hall–Kier alpha value is -2.44. The maximum Gasteiger partial charge on any atom is 0.259 e. The lowest BCUT2D eigenvalue weighted by Crippen LogP contribution is -2.49. The van der Waals surface area contributed by atoms with Gasteiger partial charge in [-0.1, -0.05) is 44.2 Å². The van der Waals surface area contributed by atoms with E-state index in [0.717, 1.165) is 50.7 Å². The molecule has 6 nitrogen and oxygen atoms in total. The Bertz CT molecular complexity index is 1010. The van der Waals surface area contributed by atoms with Crippen LogP contribution < -0.4 is 5.43 Å². The predicted octanol–water partition coefficient (Wildman–Crippen LogP) is 3.16. The van der Waals surface area contributed by atoms with Crippen LogP contribution in [0, 0.1) is 6.92 Å². The predicted molar refractivity (Wildman–Crippen MR) is 133 cm³/mol. The van der Waals surface area contributed by atoms with E-state index in [0.29, 0.717) is 31.1 Å². The van der Waals surface area contributed by atoms with Gasteiger partial charge < -0.3 is 9.47 Å². The Morgan fingerprint density at radius 2 is 1.76 bits per heavy atom. The first kappa shape index (κ1) is 23.7. The third kappa shape index (κ3) is 5.22. The molecular formula is C27H38N4O2. The molecule has 6 heteroatoms. The molecule has 4 rings (SSSR count). The summed E-state index contributed by atoms with van der Waals surface area (Å²) in [5.41, 5.74) is 3.42. The average Bonchev–Trinajstić information content (AvgIpc) is 3.28. The number of pyridine rings is 1. The fourth-order valence-electron chi connectivity index (χ4n) is 5.52. The summed E-state index contributed by atoms with van der Waals surface area (Å²) in [5, 5.41) is 0. The Morgan fingerprint density at radius 3 is 2.42 bits per heavy atom. The minimum Gasteiger partial charge on any atom is -0.346 e. The van der Waals surface area contributed by atoms with Crippen LogP contribution in [0.3, 0.4) is 0 Å². The lowest BCUT2D eigenvalue weighted by atomic mass is 10.1. The van der Waals surface area contributed by atoms with Crippen LogP contribution in [0.25, 0.3) is 0 Å². The number of likely N-dealkylation sites (tertiary alicyclic amines) is 1. The number of hydrogen-bond donors (Lipinski definition) is 0. The molecule has 0 bridgehead atoms. The maximum absolute atomic E-state index is 13.6. The number of carbonyl (C=O) groups is 1. The van der Waals surface area contributed by atoms with E-state index < -0.39 is 0 Å². The van der Waals surface area contributed by atoms with Gasteiger partial charge in [0.25, 0.3) is 5.91 Å². The number of aromatic nitrogens is 1. The molecule has 1 aromatic heterocycles. The molecule has 33 heavy (non-hydrogen) atoms. The molecule has 3 heterocycles. The number of carbonyl (C=O) groups excluding carboxylic acids is 1. The van der Waals surface area contributed by atoms with Crippen molar-refractivity contribution in [2.24, 2.45) is 0 Å². The first-order valence-electron chi connectivity index (χ1n) is 12.5. The Morgan fingerprint density at radius 1 is 1.03 bits per heavy atom. The van der Waals surface area contributed by atoms with Gasteiger partial charge in [0, 0.05) is 62.8 Å². The number of benzene rings is 1. The molecule has 0 aliphatic carbocycles. The Kier molecular flexibility index (Phi) is 7.66. The van der Waals surface area contributed by atoms with Crippen LogP contribution >= 0.6 is 0 Å². The van der Waals surface area contributed by atoms with E-state index in [9.17, 15) is 9.59 Å². The van der Waals surface area contributed by atoms with E-state index in [1.54, 1.807) is 6.07 Å². The third-order valence-electron chi connectivity index (χ3n) is 7.38. The van der Waals surface area contributed by atoms with E-state index >= 15 is 0 Å². The second kappa shape index (κ2) is 10.7. The van der Waals surface area contributed by atoms with Crippen molar-refractivity contribution in [3.8, 4) is 0 Å². The normalized spacial score (nSPS) is 19.8. The molecule has 0 unspecified atom stereocenters. The highest BCUT2D eigenvalue weighted by atomic mass is 16.2. The smallest absolute Gasteiger partial charge is 0.259 e. The zero-order valence-electron chi connectivity index (χ0n) is 20.4. The van der Waals surface area contributed by atoms with Crippen molar-refractivity contribution >= 4 is 5.91 Å². The topological polar surface area (TPSA) is 48.8 Å². The lowest BCUT2D eigenvalue weighted by Gasteiger charge is -2.35. The highest BCUT2D eigenvalue weighted by molar-refractivity contribution is 5.95. The second-order valence-electron chi connectivity index (χ2n) is 9.41. The van der Waals surface area contributed by atoms with Gasteiger partial charge in [-0.3, -0.25) is 19.4 Å². The standard InChI is InChI=1S/C27H38N4O2/c1-4-24-26(25(32)18-21(3)31(24)20-23-12-9-13-29(23)5-2)27(33)30-16-14-28(15-17-30)19-22-10-7-6-8-11-22/h6-8,10-11,18,23H,4-5,9,12-17,19-20H2,1-3H3/t23-/m0/s1. The lowest BCUT2D eigenvalue weighted by molar-refractivity contribution is 0.0624. The summed E-state index contributed by atoms with van der Waals surface area (Å²) in [6.07, 6.45) is 3.08. The van der Waals surface area contributed by atoms with Gasteiger partial charge in [-0.05, 0) is 44.8 Å². The minimum absolute atomic E-state index is 0.0938. The molecule has 2 fully saturated rings. The maximum atomic E-state index is 13.6. The Labute approximate surface area is 197 Å². The van der Waals surface area contributed by atoms with Crippen molar-refractivity contribution in [1.82, 2.24) is 19.3 Å². The summed E-state index contributed by atoms with van der Waals surface area (Å²) in [7, 11) is 0. The van der Waals surface area contributed by atoms with Gasteiger partial charge >= 0.3 is 0 Å². The number of rotatable bonds is 7. The van der Waals surface area contributed by atoms with Crippen LogP contribution in [0.5, 0.6) is 0 Å². The van der Waals surface area contributed by atoms with Crippen LogP contribution in [-0.4, -0.2) is 70.5 Å². The number of piperazine rings is 1. The van der Waals surface area contributed by atoms with E-state index in [1.165, 1.54) is 18.4 Å². The summed E-state index contributed by atoms with van der Waals surface area (Å²) >= 11 is 0. The van der Waals surface area contributed by atoms with Gasteiger partial charge in [-0.25, -0.2) is 0 Å². The van der Waals surface area contributed by atoms with Crippen molar-refractivity contribution in [3.63, 3.8) is 0 Å². The van der Waals surface area contributed by atoms with E-state index in [4.69, 9.17) is 0 Å². The molecule has 2 saturated heterocycles. The minimum atomic E-state index is -0.129. The molecular weight excluding hydrogens is 412 g/mol. The van der Waals surface area contributed by atoms with Crippen LogP contribution in [-0.2, 0) is 19.5 Å². The van der Waals surface area contributed by atoms with E-state index in [1.807, 2.05) is 17.9 Å². The third-order valence-corrected chi connectivity index (χ3v) is 7.38. The molecule has 178 valence electrons. The van der Waals surface area contributed by atoms with Gasteiger partial charge in [-0.15, -0.1) is 0 Å². The monoisotopic (exact) mass is 450 g/mol. The second-order valence-corrected chi connectivity index (χ2v) is 9.41. The molecule has 1 aromatic carbocycles. The van der Waals surface area contributed by atoms with Gasteiger partial charge in [0.05, 0.1) is 0 Å². The summed E-state index contributed by atoms with van der Waals surface area (Å²) < 4.78 is 2.25. The van der Waals surface area contributed by atoms with Crippen molar-refractivity contribution in [1.29, 1.82) is 0 Å². The highest BCUT2D eigenvalue weighted by Gasteiger charge is 2.29. The number of hydrogen-bond acceptors (Lipinski definition) is 4. The number of aryl methyl sites for hydroxylation is 1. The van der Waals surface area contributed by atoms with Crippen molar-refractivity contribution < 1.29 is 4.79 Å². The van der Waals surface area contributed by atoms with Crippen molar-refractivity contribution in [2.45, 2.75) is 59.2 Å². The molecule has 2 aliphatic rings. The molecule has 2 aliphatic heterocycles. The van der Waals surface area contributed by atoms with Crippen LogP contribution in [0.15, 0.2) is 41.2 Å². The quantitative estimate of drug-likeness (QED) is 0.650. The average molecular weight is 451 g/mol. The van der Waals surface area contributed by atoms with Gasteiger partial charge in [0.1, 0.15) is 5.56 Å². The molecule has 0 radical (unpaired) electrons. The van der Waals surface area contributed by atoms with Crippen LogP contribution in [0.2, 0.25) is 0 Å². The van der Waals surface area contributed by atoms with E-state index in [2.05, 4.69) is 52.5 Å². The molecule has 0 spiro atoms. The molecule has 1 atom stereocenters. The fourth-order valence-corrected chi connectivity index (χ4v) is 5.52. The van der Waals surface area contributed by atoms with Gasteiger partial charge in [0.2, 0.25) is 0 Å². The number of nitrogens with zero attached hydrogens (tertiary/aromatic N) is 4. The fraction of sp³-hybridized carbons (Fsp3) is 0.556. The molecule has 2 aromatic rings. The first-order chi connectivity index (χ1) is 16.0. The summed E-state index contributed by atoms with van der Waals surface area (Å²) in [6.45, 7) is 13.2. The molecule has 0 N–H and O–H groups in total. The molecule has 0 saturated carbocycles. The first-order valence-corrected chi connectivity index (χ1v) is 12.5. The SMILES string of the molecule is CCc1c(C(=O)N2CCN(Cc3ccccc3)CC2)c(=O)cc(C)n1C[C@@H]1CCCN1CC. The summed E-state index contributed by atoms with van der Waals surface area (Å²) in [6, 6.07) is 12.6. The zero-order chi connectivity index (χ0) is 23.4. The summed E-state index contributed by atoms with van der Waals surface area (Å²) in [5.74, 6) is -0.0938. The summed E-state index contributed by atoms with van der Waals surface area (Å²) in [4.78, 5) is 33.4. The van der Waals surface area contributed by atoms with Crippen LogP contribution in [0.1, 0.15) is 54.0 Å². The number of likely N-dealkylation sites (N-methyl/N-ethyl adjacent to an activating group) is 1. The van der Waals surface area contributed by atoms with Crippen LogP contribution in [0.4, 0.5) is 0 Å². The van der Waals surface area contributed by atoms with Crippen molar-refractivity contribution in [3.05, 3.63) is 69.1 Å². The number of amides is 1. The highest BCUT2D eigenvalue weighted by Crippen LogP contribution is 2.22. The zero-order valence-corrected chi connectivity index (χ0v) is 20.4. The van der Waals surface area contributed by atoms with Gasteiger partial charge in [0.15, 0.2) is 5.43 Å². The Balaban J connectivity index is 1.51. The van der Waals surface area contributed by atoms with Gasteiger partial charge in [-0.2, -0.15) is 0 Å². The largest absolute Gasteiger partial charge is 0.346 e. The van der Waals surface area contributed by atoms with E-state index in [-0.39, 0.29) is 11.3 Å². The molecule has 1 amide bonds. The van der Waals surface area contributed by atoms with Crippen molar-refractivity contribution in [2.75, 3.05) is 39.3 Å².